The minimum absolute atomic E-state index is 0.132. The number of benzene rings is 2. The summed E-state index contributed by atoms with van der Waals surface area (Å²) in [4.78, 5) is 20.5. The first-order valence-corrected chi connectivity index (χ1v) is 11.6. The number of nitrogens with one attached hydrogen (secondary N) is 1. The summed E-state index contributed by atoms with van der Waals surface area (Å²) in [6, 6.07) is 15.7. The fourth-order valence-corrected chi connectivity index (χ4v) is 4.72. The van der Waals surface area contributed by atoms with Crippen LogP contribution in [-0.4, -0.2) is 28.9 Å². The van der Waals surface area contributed by atoms with Gasteiger partial charge in [-0.15, -0.1) is 11.3 Å². The van der Waals surface area contributed by atoms with E-state index >= 15 is 0 Å². The highest BCUT2D eigenvalue weighted by Crippen LogP contribution is 2.25. The van der Waals surface area contributed by atoms with Gasteiger partial charge in [-0.1, -0.05) is 48.9 Å². The largest absolute Gasteiger partial charge is 0.299 e. The van der Waals surface area contributed by atoms with E-state index in [2.05, 4.69) is 34.3 Å². The van der Waals surface area contributed by atoms with Gasteiger partial charge in [0.15, 0.2) is 5.13 Å². The first-order chi connectivity index (χ1) is 14.6. The molecule has 30 heavy (non-hydrogen) atoms. The van der Waals surface area contributed by atoms with Crippen molar-refractivity contribution in [1.82, 2.24) is 9.88 Å². The molecule has 0 unspecified atom stereocenters. The molecule has 2 heterocycles. The predicted molar refractivity (Wildman–Crippen MR) is 124 cm³/mol. The van der Waals surface area contributed by atoms with Crippen LogP contribution in [-0.2, 0) is 13.0 Å². The molecule has 4 rings (SSSR count). The van der Waals surface area contributed by atoms with Crippen LogP contribution < -0.4 is 5.32 Å². The zero-order chi connectivity index (χ0) is 20.9. The molecule has 0 spiro atoms. The molecule has 6 heteroatoms. The standard InChI is InChI=1S/C24H26ClN3OS/c1-17-10-12-28(13-11-17)16-18-6-8-19(9-7-18)23(29)27-24-26-15-21(30-24)14-20-4-2-3-5-22(20)25/h2-9,15,17H,10-14,16H2,1H3,(H,26,27,29). The number of halogens is 1. The number of thiazole rings is 1. The molecule has 2 aromatic carbocycles. The van der Waals surface area contributed by atoms with Gasteiger partial charge in [-0.3, -0.25) is 15.0 Å². The molecule has 0 aliphatic carbocycles. The van der Waals surface area contributed by atoms with Gasteiger partial charge >= 0.3 is 0 Å². The maximum absolute atomic E-state index is 12.6. The third-order valence-electron chi connectivity index (χ3n) is 5.60. The molecule has 1 fully saturated rings. The summed E-state index contributed by atoms with van der Waals surface area (Å²) in [7, 11) is 0. The molecule has 156 valence electrons. The number of amides is 1. The van der Waals surface area contributed by atoms with Gasteiger partial charge in [0.25, 0.3) is 5.91 Å². The van der Waals surface area contributed by atoms with Gasteiger partial charge in [0.1, 0.15) is 0 Å². The Morgan fingerprint density at radius 3 is 2.63 bits per heavy atom. The SMILES string of the molecule is CC1CCN(Cc2ccc(C(=O)Nc3ncc(Cc4ccccc4Cl)s3)cc2)CC1. The molecule has 1 aliphatic heterocycles. The average Bonchev–Trinajstić information content (AvgIpc) is 3.19. The summed E-state index contributed by atoms with van der Waals surface area (Å²) in [6.45, 7) is 5.59. The second kappa shape index (κ2) is 9.73. The molecule has 3 aromatic rings. The second-order valence-corrected chi connectivity index (χ2v) is 9.53. The van der Waals surface area contributed by atoms with E-state index in [0.717, 1.165) is 41.0 Å². The fraction of sp³-hybridized carbons (Fsp3) is 0.333. The number of hydrogen-bond acceptors (Lipinski definition) is 4. The van der Waals surface area contributed by atoms with Crippen molar-refractivity contribution < 1.29 is 4.79 Å². The van der Waals surface area contributed by atoms with Crippen molar-refractivity contribution in [2.24, 2.45) is 5.92 Å². The zero-order valence-electron chi connectivity index (χ0n) is 17.1. The number of carbonyl (C=O) groups is 1. The Kier molecular flexibility index (Phi) is 6.82. The van der Waals surface area contributed by atoms with E-state index < -0.39 is 0 Å². The lowest BCUT2D eigenvalue weighted by atomic mass is 9.99. The van der Waals surface area contributed by atoms with Crippen molar-refractivity contribution in [2.45, 2.75) is 32.7 Å². The van der Waals surface area contributed by atoms with Gasteiger partial charge in [-0.05, 0) is 61.2 Å². The molecule has 1 aliphatic rings. The van der Waals surface area contributed by atoms with E-state index in [9.17, 15) is 4.79 Å². The van der Waals surface area contributed by atoms with E-state index in [1.165, 1.54) is 29.7 Å². The van der Waals surface area contributed by atoms with Crippen LogP contribution in [0, 0.1) is 5.92 Å². The molecule has 0 radical (unpaired) electrons. The lowest BCUT2D eigenvalue weighted by molar-refractivity contribution is 0.102. The highest BCUT2D eigenvalue weighted by Gasteiger charge is 2.16. The number of hydrogen-bond donors (Lipinski definition) is 1. The average molecular weight is 440 g/mol. The third kappa shape index (κ3) is 5.48. The van der Waals surface area contributed by atoms with Crippen LogP contribution in [0.3, 0.4) is 0 Å². The van der Waals surface area contributed by atoms with Crippen LogP contribution in [0.2, 0.25) is 5.02 Å². The zero-order valence-corrected chi connectivity index (χ0v) is 18.7. The molecule has 4 nitrogen and oxygen atoms in total. The highest BCUT2D eigenvalue weighted by molar-refractivity contribution is 7.15. The van der Waals surface area contributed by atoms with E-state index in [-0.39, 0.29) is 5.91 Å². The van der Waals surface area contributed by atoms with Crippen molar-refractivity contribution in [3.8, 4) is 0 Å². The lowest BCUT2D eigenvalue weighted by Crippen LogP contribution is -2.32. The van der Waals surface area contributed by atoms with Crippen LogP contribution in [0.15, 0.2) is 54.7 Å². The lowest BCUT2D eigenvalue weighted by Gasteiger charge is -2.30. The van der Waals surface area contributed by atoms with Gasteiger partial charge in [0, 0.05) is 34.6 Å². The smallest absolute Gasteiger partial charge is 0.257 e. The number of carbonyl (C=O) groups excluding carboxylic acids is 1. The maximum Gasteiger partial charge on any atom is 0.257 e. The Hall–Kier alpha value is -2.21. The van der Waals surface area contributed by atoms with Gasteiger partial charge in [0.05, 0.1) is 0 Å². The summed E-state index contributed by atoms with van der Waals surface area (Å²) in [5.74, 6) is 0.704. The van der Waals surface area contributed by atoms with Gasteiger partial charge in [0.2, 0.25) is 0 Å². The summed E-state index contributed by atoms with van der Waals surface area (Å²) >= 11 is 7.71. The first kappa shape index (κ1) is 21.0. The molecule has 0 saturated carbocycles. The van der Waals surface area contributed by atoms with Crippen LogP contribution in [0.1, 0.15) is 46.1 Å². The van der Waals surface area contributed by atoms with Gasteiger partial charge < -0.3 is 0 Å². The molecule has 1 amide bonds. The Bertz CT molecular complexity index is 994. The molecular formula is C24H26ClN3OS. The number of likely N-dealkylation sites (tertiary alicyclic amines) is 1. The Balaban J connectivity index is 1.33. The maximum atomic E-state index is 12.6. The van der Waals surface area contributed by atoms with Crippen molar-refractivity contribution in [3.05, 3.63) is 81.3 Å². The van der Waals surface area contributed by atoms with E-state index in [4.69, 9.17) is 11.6 Å². The summed E-state index contributed by atoms with van der Waals surface area (Å²) < 4.78 is 0. The highest BCUT2D eigenvalue weighted by atomic mass is 35.5. The van der Waals surface area contributed by atoms with Crippen molar-refractivity contribution in [1.29, 1.82) is 0 Å². The molecular weight excluding hydrogens is 414 g/mol. The normalized spacial score (nSPS) is 15.3. The number of rotatable bonds is 6. The summed E-state index contributed by atoms with van der Waals surface area (Å²) in [5.41, 5.74) is 2.95. The Morgan fingerprint density at radius 2 is 1.90 bits per heavy atom. The fourth-order valence-electron chi connectivity index (χ4n) is 3.69. The number of nitrogens with zero attached hydrogens (tertiary/aromatic N) is 2. The second-order valence-electron chi connectivity index (χ2n) is 8.01. The Morgan fingerprint density at radius 1 is 1.17 bits per heavy atom. The van der Waals surface area contributed by atoms with Crippen LogP contribution in [0.5, 0.6) is 0 Å². The van der Waals surface area contributed by atoms with Crippen LogP contribution in [0.4, 0.5) is 5.13 Å². The van der Waals surface area contributed by atoms with E-state index in [0.29, 0.717) is 17.1 Å². The van der Waals surface area contributed by atoms with Crippen molar-refractivity contribution in [3.63, 3.8) is 0 Å². The molecule has 1 saturated heterocycles. The quantitative estimate of drug-likeness (QED) is 0.522. The number of piperidine rings is 1. The van der Waals surface area contributed by atoms with Gasteiger partial charge in [-0.25, -0.2) is 4.98 Å². The summed E-state index contributed by atoms with van der Waals surface area (Å²) in [5, 5.41) is 4.26. The predicted octanol–water partition coefficient (Wildman–Crippen LogP) is 5.87. The minimum Gasteiger partial charge on any atom is -0.299 e. The minimum atomic E-state index is -0.132. The number of aromatic nitrogens is 1. The van der Waals surface area contributed by atoms with E-state index in [1.807, 2.05) is 36.4 Å². The molecule has 1 aromatic heterocycles. The van der Waals surface area contributed by atoms with Crippen molar-refractivity contribution >= 4 is 34.0 Å². The van der Waals surface area contributed by atoms with Crippen LogP contribution in [0.25, 0.3) is 0 Å². The molecule has 0 bridgehead atoms. The summed E-state index contributed by atoms with van der Waals surface area (Å²) in [6.07, 6.45) is 5.04. The molecule has 1 N–H and O–H groups in total. The van der Waals surface area contributed by atoms with Crippen molar-refractivity contribution in [2.75, 3.05) is 18.4 Å². The topological polar surface area (TPSA) is 45.2 Å². The first-order valence-electron chi connectivity index (χ1n) is 10.4. The monoisotopic (exact) mass is 439 g/mol. The Labute approximate surface area is 186 Å². The van der Waals surface area contributed by atoms with Crippen LogP contribution >= 0.6 is 22.9 Å². The third-order valence-corrected chi connectivity index (χ3v) is 6.88. The number of anilines is 1. The van der Waals surface area contributed by atoms with E-state index in [1.54, 1.807) is 6.20 Å². The van der Waals surface area contributed by atoms with Gasteiger partial charge in [-0.2, -0.15) is 0 Å². The molecule has 0 atom stereocenters.